The van der Waals surface area contributed by atoms with Gasteiger partial charge < -0.3 is 11.1 Å². The second-order valence-electron chi connectivity index (χ2n) is 8.22. The van der Waals surface area contributed by atoms with Crippen molar-refractivity contribution in [3.05, 3.63) is 76.6 Å². The summed E-state index contributed by atoms with van der Waals surface area (Å²) < 4.78 is 0. The molecule has 1 aliphatic carbocycles. The predicted octanol–water partition coefficient (Wildman–Crippen LogP) is 3.38. The van der Waals surface area contributed by atoms with E-state index in [4.69, 9.17) is 10.7 Å². The Morgan fingerprint density at radius 2 is 2.04 bits per heavy atom. The molecule has 28 heavy (non-hydrogen) atoms. The average molecular weight is 377 g/mol. The van der Waals surface area contributed by atoms with E-state index in [9.17, 15) is 0 Å². The first kappa shape index (κ1) is 19.3. The second kappa shape index (κ2) is 8.99. The van der Waals surface area contributed by atoms with Crippen LogP contribution in [0.1, 0.15) is 48.2 Å². The Morgan fingerprint density at radius 1 is 1.21 bits per heavy atom. The van der Waals surface area contributed by atoms with Gasteiger partial charge >= 0.3 is 0 Å². The largest absolute Gasteiger partial charge is 0.327 e. The highest BCUT2D eigenvalue weighted by Crippen LogP contribution is 2.33. The van der Waals surface area contributed by atoms with Crippen LogP contribution in [-0.2, 0) is 19.4 Å². The number of fused-ring (bicyclic) bond motifs is 2. The summed E-state index contributed by atoms with van der Waals surface area (Å²) in [5.74, 6) is 0. The highest BCUT2D eigenvalue weighted by atomic mass is 15.2. The highest BCUT2D eigenvalue weighted by Gasteiger charge is 2.30. The molecule has 0 fully saturated rings. The van der Waals surface area contributed by atoms with E-state index in [1.165, 1.54) is 40.8 Å². The number of pyridine rings is 1. The molecule has 2 aromatic rings. The summed E-state index contributed by atoms with van der Waals surface area (Å²) in [7, 11) is 0. The van der Waals surface area contributed by atoms with Gasteiger partial charge in [0.25, 0.3) is 0 Å². The maximum Gasteiger partial charge on any atom is 0.0607 e. The van der Waals surface area contributed by atoms with E-state index < -0.39 is 0 Å². The zero-order valence-corrected chi connectivity index (χ0v) is 16.9. The average Bonchev–Trinajstić information content (AvgIpc) is 2.73. The summed E-state index contributed by atoms with van der Waals surface area (Å²) in [5.41, 5.74) is 12.8. The van der Waals surface area contributed by atoms with Gasteiger partial charge in [0, 0.05) is 38.4 Å². The van der Waals surface area contributed by atoms with Crippen molar-refractivity contribution in [3.63, 3.8) is 0 Å². The third kappa shape index (κ3) is 4.35. The molecule has 1 aliphatic heterocycles. The molecule has 2 aliphatic rings. The third-order valence-electron chi connectivity index (χ3n) is 6.15. The number of nitrogens with one attached hydrogen (secondary N) is 1. The molecule has 0 unspecified atom stereocenters. The Kier molecular flexibility index (Phi) is 6.20. The molecule has 0 saturated heterocycles. The Balaban J connectivity index is 1.56. The quantitative estimate of drug-likeness (QED) is 0.759. The van der Waals surface area contributed by atoms with Gasteiger partial charge in [-0.1, -0.05) is 42.0 Å². The zero-order chi connectivity index (χ0) is 19.3. The molecule has 3 N–H and O–H groups in total. The van der Waals surface area contributed by atoms with Crippen LogP contribution in [0.3, 0.4) is 0 Å². The van der Waals surface area contributed by atoms with Crippen LogP contribution in [0.4, 0.5) is 0 Å². The van der Waals surface area contributed by atoms with Gasteiger partial charge in [-0.05, 0) is 55.4 Å². The minimum absolute atomic E-state index is 0.394. The van der Waals surface area contributed by atoms with Crippen molar-refractivity contribution >= 4 is 0 Å². The molecule has 0 spiro atoms. The molecule has 0 amide bonds. The maximum absolute atomic E-state index is 5.78. The lowest BCUT2D eigenvalue weighted by Crippen LogP contribution is -2.46. The van der Waals surface area contributed by atoms with E-state index in [2.05, 4.69) is 59.6 Å². The van der Waals surface area contributed by atoms with Crippen molar-refractivity contribution in [1.29, 1.82) is 0 Å². The maximum atomic E-state index is 5.78. The van der Waals surface area contributed by atoms with E-state index in [0.29, 0.717) is 18.6 Å². The van der Waals surface area contributed by atoms with Gasteiger partial charge in [0.2, 0.25) is 0 Å². The number of hydrogen-bond donors (Lipinski definition) is 2. The molecule has 1 aromatic heterocycles. The monoisotopic (exact) mass is 376 g/mol. The smallest absolute Gasteiger partial charge is 0.0607 e. The van der Waals surface area contributed by atoms with E-state index in [-0.39, 0.29) is 0 Å². The topological polar surface area (TPSA) is 54.2 Å². The molecule has 1 aromatic carbocycles. The molecule has 0 bridgehead atoms. The fourth-order valence-electron chi connectivity index (χ4n) is 4.76. The van der Waals surface area contributed by atoms with Crippen LogP contribution in [0.2, 0.25) is 0 Å². The zero-order valence-electron chi connectivity index (χ0n) is 16.9. The van der Waals surface area contributed by atoms with Crippen LogP contribution in [0.25, 0.3) is 0 Å². The number of benzene rings is 1. The highest BCUT2D eigenvalue weighted by molar-refractivity contribution is 5.30. The van der Waals surface area contributed by atoms with Gasteiger partial charge in [-0.2, -0.15) is 0 Å². The predicted molar refractivity (Wildman–Crippen MR) is 115 cm³/mol. The summed E-state index contributed by atoms with van der Waals surface area (Å²) in [6.45, 7) is 5.76. The number of aromatic nitrogens is 1. The molecule has 0 radical (unpaired) electrons. The summed E-state index contributed by atoms with van der Waals surface area (Å²) in [6, 6.07) is 14.0. The molecule has 0 saturated carbocycles. The Morgan fingerprint density at radius 3 is 2.89 bits per heavy atom. The van der Waals surface area contributed by atoms with E-state index in [1.54, 1.807) is 0 Å². The van der Waals surface area contributed by atoms with Gasteiger partial charge in [0.1, 0.15) is 0 Å². The van der Waals surface area contributed by atoms with E-state index >= 15 is 0 Å². The van der Waals surface area contributed by atoms with Crippen LogP contribution in [-0.4, -0.2) is 35.6 Å². The van der Waals surface area contributed by atoms with Gasteiger partial charge in [-0.3, -0.25) is 9.88 Å². The van der Waals surface area contributed by atoms with Crippen LogP contribution >= 0.6 is 0 Å². The van der Waals surface area contributed by atoms with E-state index in [0.717, 1.165) is 32.5 Å². The first-order valence-corrected chi connectivity index (χ1v) is 10.6. The number of rotatable bonds is 6. The summed E-state index contributed by atoms with van der Waals surface area (Å²) in [5, 5.41) is 3.77. The van der Waals surface area contributed by atoms with Gasteiger partial charge in [0.05, 0.1) is 11.7 Å². The lowest BCUT2D eigenvalue weighted by molar-refractivity contribution is 0.166. The fourth-order valence-corrected chi connectivity index (χ4v) is 4.76. The summed E-state index contributed by atoms with van der Waals surface area (Å²) >= 11 is 0. The van der Waals surface area contributed by atoms with Gasteiger partial charge in [0.15, 0.2) is 0 Å². The van der Waals surface area contributed by atoms with Crippen LogP contribution < -0.4 is 11.1 Å². The number of hydrogen-bond acceptors (Lipinski definition) is 4. The fraction of sp³-hybridized carbons (Fsp3) is 0.458. The van der Waals surface area contributed by atoms with Crippen molar-refractivity contribution in [2.75, 3.05) is 19.6 Å². The van der Waals surface area contributed by atoms with Gasteiger partial charge in [-0.25, -0.2) is 0 Å². The Bertz CT molecular complexity index is 829. The lowest BCUT2D eigenvalue weighted by Gasteiger charge is -2.38. The molecule has 148 valence electrons. The molecule has 2 heterocycles. The summed E-state index contributed by atoms with van der Waals surface area (Å²) in [6.07, 6.45) is 8.77. The SMILES string of the molecule is C/C(=C/CN)CN(C[C@H]1Cc2ccccc2CN1)[C@H]1CCCc2cccnc21. The standard InChI is InChI=1S/C24H32N4/c1-18(11-12-25)16-28(23-10-4-8-19-9-5-13-26-24(19)23)17-22-14-20-6-2-3-7-21(20)15-27-22/h2-3,5-7,9,11,13,22-23,27H,4,8,10,12,14-17,25H2,1H3/b18-11-/t22-,23+/m1/s1. The molecular weight excluding hydrogens is 344 g/mol. The van der Waals surface area contributed by atoms with Crippen LogP contribution in [0, 0.1) is 0 Å². The number of aryl methyl sites for hydroxylation is 1. The molecule has 4 heteroatoms. The molecule has 2 atom stereocenters. The minimum atomic E-state index is 0.394. The molecule has 4 rings (SSSR count). The van der Waals surface area contributed by atoms with Gasteiger partial charge in [-0.15, -0.1) is 0 Å². The Hall–Kier alpha value is -2.01. The van der Waals surface area contributed by atoms with E-state index in [1.807, 2.05) is 6.20 Å². The van der Waals surface area contributed by atoms with Crippen molar-refractivity contribution in [2.24, 2.45) is 5.73 Å². The lowest BCUT2D eigenvalue weighted by atomic mass is 9.89. The number of nitrogens with zero attached hydrogens (tertiary/aromatic N) is 2. The first-order chi connectivity index (χ1) is 13.7. The summed E-state index contributed by atoms with van der Waals surface area (Å²) in [4.78, 5) is 7.43. The normalized spacial score (nSPS) is 22.0. The Labute approximate surface area is 168 Å². The van der Waals surface area contributed by atoms with Crippen molar-refractivity contribution in [1.82, 2.24) is 15.2 Å². The third-order valence-corrected chi connectivity index (χ3v) is 6.15. The first-order valence-electron chi connectivity index (χ1n) is 10.6. The molecule has 4 nitrogen and oxygen atoms in total. The van der Waals surface area contributed by atoms with Crippen LogP contribution in [0.5, 0.6) is 0 Å². The second-order valence-corrected chi connectivity index (χ2v) is 8.22. The number of nitrogens with two attached hydrogens (primary N) is 1. The van der Waals surface area contributed by atoms with Crippen molar-refractivity contribution in [2.45, 2.75) is 51.2 Å². The van der Waals surface area contributed by atoms with Crippen LogP contribution in [0.15, 0.2) is 54.2 Å². The molecular formula is C24H32N4. The van der Waals surface area contributed by atoms with Crippen molar-refractivity contribution in [3.8, 4) is 0 Å². The minimum Gasteiger partial charge on any atom is -0.327 e. The van der Waals surface area contributed by atoms with Crippen molar-refractivity contribution < 1.29 is 0 Å².